The standard InChI is InChI=1S/C12H19N3O3/c1-2-11-13-10(14-18-11)7-15(8-12(16)17)9-5-3-4-6-9/h9H,2-8H2,1H3,(H,16,17). The maximum Gasteiger partial charge on any atom is 0.317 e. The number of carbonyl (C=O) groups is 1. The summed E-state index contributed by atoms with van der Waals surface area (Å²) in [6.45, 7) is 2.45. The van der Waals surface area contributed by atoms with Crippen LogP contribution in [0.4, 0.5) is 0 Å². The van der Waals surface area contributed by atoms with E-state index in [0.717, 1.165) is 12.8 Å². The van der Waals surface area contributed by atoms with Crippen molar-refractivity contribution in [2.75, 3.05) is 6.54 Å². The van der Waals surface area contributed by atoms with E-state index in [0.29, 0.717) is 30.7 Å². The van der Waals surface area contributed by atoms with E-state index in [1.807, 2.05) is 11.8 Å². The molecule has 1 heterocycles. The molecule has 1 saturated carbocycles. The van der Waals surface area contributed by atoms with Gasteiger partial charge < -0.3 is 9.63 Å². The van der Waals surface area contributed by atoms with E-state index in [9.17, 15) is 4.79 Å². The molecule has 0 spiro atoms. The number of rotatable bonds is 6. The first-order valence-corrected chi connectivity index (χ1v) is 6.46. The number of carboxylic acid groups (broad SMARTS) is 1. The average molecular weight is 253 g/mol. The molecule has 1 aromatic rings. The minimum Gasteiger partial charge on any atom is -0.480 e. The molecule has 0 unspecified atom stereocenters. The van der Waals surface area contributed by atoms with Gasteiger partial charge in [0.1, 0.15) is 0 Å². The minimum absolute atomic E-state index is 0.0423. The molecule has 0 bridgehead atoms. The van der Waals surface area contributed by atoms with Crippen LogP contribution in [-0.4, -0.2) is 38.7 Å². The van der Waals surface area contributed by atoms with Crippen LogP contribution in [0.5, 0.6) is 0 Å². The zero-order valence-electron chi connectivity index (χ0n) is 10.6. The summed E-state index contributed by atoms with van der Waals surface area (Å²) in [7, 11) is 0. The number of aliphatic carboxylic acids is 1. The molecule has 2 rings (SSSR count). The summed E-state index contributed by atoms with van der Waals surface area (Å²) in [6.07, 6.45) is 5.17. The number of aromatic nitrogens is 2. The first-order chi connectivity index (χ1) is 8.69. The van der Waals surface area contributed by atoms with Gasteiger partial charge >= 0.3 is 5.97 Å². The fourth-order valence-electron chi connectivity index (χ4n) is 2.44. The lowest BCUT2D eigenvalue weighted by molar-refractivity contribution is -0.139. The Balaban J connectivity index is 2.01. The van der Waals surface area contributed by atoms with Crippen LogP contribution in [0.1, 0.15) is 44.3 Å². The molecular weight excluding hydrogens is 234 g/mol. The van der Waals surface area contributed by atoms with Crippen LogP contribution in [0.2, 0.25) is 0 Å². The van der Waals surface area contributed by atoms with Gasteiger partial charge in [0, 0.05) is 12.5 Å². The van der Waals surface area contributed by atoms with E-state index >= 15 is 0 Å². The zero-order valence-corrected chi connectivity index (χ0v) is 10.6. The molecule has 0 aliphatic heterocycles. The average Bonchev–Trinajstić information content (AvgIpc) is 2.98. The third-order valence-corrected chi connectivity index (χ3v) is 3.34. The van der Waals surface area contributed by atoms with Crippen molar-refractivity contribution in [3.63, 3.8) is 0 Å². The van der Waals surface area contributed by atoms with Gasteiger partial charge in [-0.15, -0.1) is 0 Å². The highest BCUT2D eigenvalue weighted by Crippen LogP contribution is 2.24. The lowest BCUT2D eigenvalue weighted by Crippen LogP contribution is -2.37. The topological polar surface area (TPSA) is 79.5 Å². The smallest absolute Gasteiger partial charge is 0.317 e. The molecular formula is C12H19N3O3. The van der Waals surface area contributed by atoms with Gasteiger partial charge in [-0.2, -0.15) is 4.98 Å². The van der Waals surface area contributed by atoms with Gasteiger partial charge in [0.25, 0.3) is 0 Å². The molecule has 1 aliphatic carbocycles. The number of hydrogen-bond acceptors (Lipinski definition) is 5. The Labute approximate surface area is 106 Å². The second-order valence-corrected chi connectivity index (χ2v) is 4.69. The molecule has 0 atom stereocenters. The van der Waals surface area contributed by atoms with Crippen molar-refractivity contribution in [3.05, 3.63) is 11.7 Å². The van der Waals surface area contributed by atoms with E-state index in [1.165, 1.54) is 12.8 Å². The van der Waals surface area contributed by atoms with Crippen LogP contribution in [0.15, 0.2) is 4.52 Å². The number of hydrogen-bond donors (Lipinski definition) is 1. The van der Waals surface area contributed by atoms with E-state index in [1.54, 1.807) is 0 Å². The Hall–Kier alpha value is -1.43. The molecule has 1 fully saturated rings. The van der Waals surface area contributed by atoms with Crippen LogP contribution < -0.4 is 0 Å². The predicted octanol–water partition coefficient (Wildman–Crippen LogP) is 1.46. The monoisotopic (exact) mass is 253 g/mol. The van der Waals surface area contributed by atoms with E-state index < -0.39 is 5.97 Å². The fraction of sp³-hybridized carbons (Fsp3) is 0.750. The van der Waals surface area contributed by atoms with Crippen LogP contribution >= 0.6 is 0 Å². The molecule has 1 aliphatic rings. The quantitative estimate of drug-likeness (QED) is 0.826. The Morgan fingerprint density at radius 2 is 2.22 bits per heavy atom. The van der Waals surface area contributed by atoms with Gasteiger partial charge in [-0.05, 0) is 12.8 Å². The zero-order chi connectivity index (χ0) is 13.0. The SMILES string of the molecule is CCc1nc(CN(CC(=O)O)C2CCCC2)no1. The summed E-state index contributed by atoms with van der Waals surface area (Å²) in [4.78, 5) is 17.1. The molecule has 0 aromatic carbocycles. The van der Waals surface area contributed by atoms with Gasteiger partial charge in [-0.3, -0.25) is 9.69 Å². The van der Waals surface area contributed by atoms with Gasteiger partial charge in [0.2, 0.25) is 5.89 Å². The fourth-order valence-corrected chi connectivity index (χ4v) is 2.44. The summed E-state index contributed by atoms with van der Waals surface area (Å²) in [5.74, 6) is 0.382. The molecule has 6 heteroatoms. The molecule has 0 amide bonds. The Kier molecular flexibility index (Phi) is 4.30. The van der Waals surface area contributed by atoms with Crippen LogP contribution in [0.3, 0.4) is 0 Å². The third kappa shape index (κ3) is 3.29. The molecule has 1 N–H and O–H groups in total. The van der Waals surface area contributed by atoms with Crippen LogP contribution in [-0.2, 0) is 17.8 Å². The van der Waals surface area contributed by atoms with E-state index in [-0.39, 0.29) is 6.54 Å². The highest BCUT2D eigenvalue weighted by Gasteiger charge is 2.25. The second kappa shape index (κ2) is 5.95. The predicted molar refractivity (Wildman–Crippen MR) is 64.0 cm³/mol. The Morgan fingerprint density at radius 1 is 1.50 bits per heavy atom. The number of carboxylic acids is 1. The van der Waals surface area contributed by atoms with Gasteiger partial charge in [-0.1, -0.05) is 24.9 Å². The minimum atomic E-state index is -0.805. The third-order valence-electron chi connectivity index (χ3n) is 3.34. The maximum atomic E-state index is 10.9. The first kappa shape index (κ1) is 13.0. The summed E-state index contributed by atoms with van der Waals surface area (Å²) >= 11 is 0. The van der Waals surface area contributed by atoms with E-state index in [4.69, 9.17) is 9.63 Å². The van der Waals surface area contributed by atoms with Crippen molar-refractivity contribution in [3.8, 4) is 0 Å². The van der Waals surface area contributed by atoms with Gasteiger partial charge in [0.05, 0.1) is 13.1 Å². The van der Waals surface area contributed by atoms with Crippen molar-refractivity contribution in [2.24, 2.45) is 0 Å². The van der Waals surface area contributed by atoms with Crippen molar-refractivity contribution in [1.29, 1.82) is 0 Å². The van der Waals surface area contributed by atoms with Crippen molar-refractivity contribution in [2.45, 2.75) is 51.6 Å². The first-order valence-electron chi connectivity index (χ1n) is 6.46. The summed E-state index contributed by atoms with van der Waals surface area (Å²) in [5.41, 5.74) is 0. The molecule has 18 heavy (non-hydrogen) atoms. The summed E-state index contributed by atoms with van der Waals surface area (Å²) in [6, 6.07) is 0.338. The molecule has 100 valence electrons. The summed E-state index contributed by atoms with van der Waals surface area (Å²) in [5, 5.41) is 12.9. The summed E-state index contributed by atoms with van der Waals surface area (Å²) < 4.78 is 5.05. The second-order valence-electron chi connectivity index (χ2n) is 4.69. The Bertz CT molecular complexity index is 399. The molecule has 6 nitrogen and oxygen atoms in total. The lowest BCUT2D eigenvalue weighted by atomic mass is 10.2. The van der Waals surface area contributed by atoms with Crippen molar-refractivity contribution < 1.29 is 14.4 Å². The highest BCUT2D eigenvalue weighted by molar-refractivity contribution is 5.69. The maximum absolute atomic E-state index is 10.9. The largest absolute Gasteiger partial charge is 0.480 e. The molecule has 0 saturated heterocycles. The van der Waals surface area contributed by atoms with Gasteiger partial charge in [0.15, 0.2) is 5.82 Å². The van der Waals surface area contributed by atoms with Crippen molar-refractivity contribution in [1.82, 2.24) is 15.0 Å². The van der Waals surface area contributed by atoms with Crippen LogP contribution in [0, 0.1) is 0 Å². The van der Waals surface area contributed by atoms with Gasteiger partial charge in [-0.25, -0.2) is 0 Å². The normalized spacial score (nSPS) is 16.6. The number of nitrogens with zero attached hydrogens (tertiary/aromatic N) is 3. The molecule has 1 aromatic heterocycles. The van der Waals surface area contributed by atoms with E-state index in [2.05, 4.69) is 10.1 Å². The number of aryl methyl sites for hydroxylation is 1. The highest BCUT2D eigenvalue weighted by atomic mass is 16.5. The van der Waals surface area contributed by atoms with Crippen LogP contribution in [0.25, 0.3) is 0 Å². The lowest BCUT2D eigenvalue weighted by Gasteiger charge is -2.25. The Morgan fingerprint density at radius 3 is 2.78 bits per heavy atom. The molecule has 0 radical (unpaired) electrons. The van der Waals surface area contributed by atoms with Crippen molar-refractivity contribution >= 4 is 5.97 Å².